The van der Waals surface area contributed by atoms with Crippen LogP contribution in [0.1, 0.15) is 6.92 Å². The van der Waals surface area contributed by atoms with E-state index in [1.165, 1.54) is 0 Å². The van der Waals surface area contributed by atoms with Crippen LogP contribution in [0.3, 0.4) is 0 Å². The van der Waals surface area contributed by atoms with E-state index in [1.54, 1.807) is 0 Å². The summed E-state index contributed by atoms with van der Waals surface area (Å²) in [5, 5.41) is 0. The van der Waals surface area contributed by atoms with Gasteiger partial charge in [-0.15, -0.1) is 0 Å². The predicted octanol–water partition coefficient (Wildman–Crippen LogP) is 0.111. The lowest BCUT2D eigenvalue weighted by molar-refractivity contribution is 0.154. The molecule has 42 valence electrons. The van der Waals surface area contributed by atoms with E-state index >= 15 is 0 Å². The zero-order valence-corrected chi connectivity index (χ0v) is 5.03. The quantitative estimate of drug-likeness (QED) is 0.453. The van der Waals surface area contributed by atoms with Crippen LogP contribution < -0.4 is 0 Å². The molecule has 0 amide bonds. The van der Waals surface area contributed by atoms with Crippen LogP contribution >= 0.6 is 0 Å². The predicted molar refractivity (Wildman–Crippen MR) is 28.4 cm³/mol. The highest BCUT2D eigenvalue weighted by atomic mass is 32.2. The first-order valence-electron chi connectivity index (χ1n) is 2.29. The second kappa shape index (κ2) is 1.92. The molecule has 0 aromatic rings. The third kappa shape index (κ3) is 1.01. The fraction of sp³-hybridized carbons (Fsp3) is 1.00. The van der Waals surface area contributed by atoms with Gasteiger partial charge >= 0.3 is 0 Å². The van der Waals surface area contributed by atoms with Crippen molar-refractivity contribution in [2.24, 2.45) is 0 Å². The molecule has 2 nitrogen and oxygen atoms in total. The van der Waals surface area contributed by atoms with Gasteiger partial charge in [-0.1, -0.05) is 0 Å². The summed E-state index contributed by atoms with van der Waals surface area (Å²) in [6.07, 6.45) is 0. The third-order valence-electron chi connectivity index (χ3n) is 1.01. The van der Waals surface area contributed by atoms with Gasteiger partial charge in [0.2, 0.25) is 0 Å². The first-order chi connectivity index (χ1) is 3.30. The van der Waals surface area contributed by atoms with Crippen LogP contribution in [0, 0.1) is 0 Å². The maximum absolute atomic E-state index is 10.6. The van der Waals surface area contributed by atoms with Gasteiger partial charge in [-0.25, -0.2) is 0 Å². The Balaban J connectivity index is 2.48. The molecule has 0 aromatic heterocycles. The monoisotopic (exact) mass is 120 g/mol. The fourth-order valence-corrected chi connectivity index (χ4v) is 1.38. The number of hydrogen-bond acceptors (Lipinski definition) is 2. The molecule has 1 aliphatic rings. The molecule has 0 spiro atoms. The highest BCUT2D eigenvalue weighted by molar-refractivity contribution is 7.85. The van der Waals surface area contributed by atoms with Gasteiger partial charge in [-0.05, 0) is 6.92 Å². The minimum absolute atomic E-state index is 0.0139. The molecular weight excluding hydrogens is 112 g/mol. The van der Waals surface area contributed by atoms with Crippen molar-refractivity contribution in [2.45, 2.75) is 12.4 Å². The molecule has 0 saturated carbocycles. The Morgan fingerprint density at radius 3 is 2.71 bits per heavy atom. The lowest BCUT2D eigenvalue weighted by atomic mass is 10.8. The van der Waals surface area contributed by atoms with Crippen molar-refractivity contribution in [3.05, 3.63) is 0 Å². The van der Waals surface area contributed by atoms with Crippen molar-refractivity contribution < 1.29 is 8.95 Å². The Bertz CT molecular complexity index is 91.7. The Kier molecular flexibility index (Phi) is 1.44. The molecule has 7 heavy (non-hydrogen) atoms. The topological polar surface area (TPSA) is 26.3 Å². The average Bonchev–Trinajstić information content (AvgIpc) is 1.91. The number of hydrogen-bond donors (Lipinski definition) is 0. The Labute approximate surface area is 45.3 Å². The minimum atomic E-state index is -0.690. The first kappa shape index (κ1) is 5.25. The molecule has 2 atom stereocenters. The van der Waals surface area contributed by atoms with Gasteiger partial charge in [0.15, 0.2) is 0 Å². The molecule has 0 aliphatic carbocycles. The smallest absolute Gasteiger partial charge is 0.129 e. The van der Waals surface area contributed by atoms with Gasteiger partial charge in [0.1, 0.15) is 5.44 Å². The van der Waals surface area contributed by atoms with E-state index in [2.05, 4.69) is 0 Å². The van der Waals surface area contributed by atoms with Crippen LogP contribution in [0.15, 0.2) is 0 Å². The molecule has 1 saturated heterocycles. The molecule has 2 unspecified atom stereocenters. The maximum Gasteiger partial charge on any atom is 0.129 e. The molecule has 1 aliphatic heterocycles. The number of ether oxygens (including phenoxy) is 1. The molecule has 1 rings (SSSR count). The van der Waals surface area contributed by atoms with Crippen LogP contribution in [0.5, 0.6) is 0 Å². The van der Waals surface area contributed by atoms with E-state index in [0.29, 0.717) is 6.61 Å². The highest BCUT2D eigenvalue weighted by Crippen LogP contribution is 2.05. The summed E-state index contributed by atoms with van der Waals surface area (Å²) in [5.74, 6) is 0.723. The van der Waals surface area contributed by atoms with Gasteiger partial charge in [0.05, 0.1) is 17.4 Å². The van der Waals surface area contributed by atoms with Crippen molar-refractivity contribution in [2.75, 3.05) is 12.4 Å². The zero-order valence-electron chi connectivity index (χ0n) is 4.22. The molecule has 0 N–H and O–H groups in total. The summed E-state index contributed by atoms with van der Waals surface area (Å²) in [6, 6.07) is 0. The third-order valence-corrected chi connectivity index (χ3v) is 2.45. The maximum atomic E-state index is 10.6. The van der Waals surface area contributed by atoms with Crippen LogP contribution in [0.25, 0.3) is 0 Å². The van der Waals surface area contributed by atoms with Gasteiger partial charge in [0, 0.05) is 5.75 Å². The fourth-order valence-electron chi connectivity index (χ4n) is 0.538. The van der Waals surface area contributed by atoms with E-state index in [-0.39, 0.29) is 5.44 Å². The first-order valence-corrected chi connectivity index (χ1v) is 3.67. The second-order valence-corrected chi connectivity index (χ2v) is 3.36. The zero-order chi connectivity index (χ0) is 5.28. The molecular formula is C4H8O2S. The van der Waals surface area contributed by atoms with Gasteiger partial charge in [-0.2, -0.15) is 0 Å². The lowest BCUT2D eigenvalue weighted by Gasteiger charge is -1.94. The molecule has 3 heteroatoms. The normalized spacial score (nSPS) is 41.9. The summed E-state index contributed by atoms with van der Waals surface area (Å²) in [7, 11) is -0.690. The van der Waals surface area contributed by atoms with Crippen molar-refractivity contribution >= 4 is 10.8 Å². The van der Waals surface area contributed by atoms with Crippen LogP contribution in [-0.4, -0.2) is 22.0 Å². The lowest BCUT2D eigenvalue weighted by Crippen LogP contribution is -2.03. The van der Waals surface area contributed by atoms with E-state index < -0.39 is 10.8 Å². The Morgan fingerprint density at radius 2 is 2.57 bits per heavy atom. The molecule has 1 fully saturated rings. The summed E-state index contributed by atoms with van der Waals surface area (Å²) in [5.41, 5.74) is -0.0139. The SMILES string of the molecule is CC1OCCS1=O. The molecule has 0 radical (unpaired) electrons. The minimum Gasteiger partial charge on any atom is -0.364 e. The van der Waals surface area contributed by atoms with Crippen molar-refractivity contribution in [3.63, 3.8) is 0 Å². The summed E-state index contributed by atoms with van der Waals surface area (Å²) in [6.45, 7) is 2.51. The standard InChI is InChI=1S/C4H8O2S/c1-4-6-2-3-7(4)5/h4H,2-3H2,1H3. The average molecular weight is 120 g/mol. The van der Waals surface area contributed by atoms with Crippen molar-refractivity contribution in [1.29, 1.82) is 0 Å². The Morgan fingerprint density at radius 1 is 1.86 bits per heavy atom. The van der Waals surface area contributed by atoms with E-state index in [1.807, 2.05) is 6.92 Å². The van der Waals surface area contributed by atoms with Gasteiger partial charge in [-0.3, -0.25) is 4.21 Å². The van der Waals surface area contributed by atoms with E-state index in [9.17, 15) is 4.21 Å². The summed E-state index contributed by atoms with van der Waals surface area (Å²) >= 11 is 0. The van der Waals surface area contributed by atoms with Crippen molar-refractivity contribution in [3.8, 4) is 0 Å². The second-order valence-electron chi connectivity index (χ2n) is 1.52. The van der Waals surface area contributed by atoms with E-state index in [4.69, 9.17) is 4.74 Å². The molecule has 1 heterocycles. The number of rotatable bonds is 0. The highest BCUT2D eigenvalue weighted by Gasteiger charge is 2.17. The van der Waals surface area contributed by atoms with Crippen molar-refractivity contribution in [1.82, 2.24) is 0 Å². The largest absolute Gasteiger partial charge is 0.364 e. The van der Waals surface area contributed by atoms with Crippen LogP contribution in [0.4, 0.5) is 0 Å². The Hall–Kier alpha value is 0.110. The molecule has 0 bridgehead atoms. The van der Waals surface area contributed by atoms with Crippen LogP contribution in [0.2, 0.25) is 0 Å². The van der Waals surface area contributed by atoms with Crippen LogP contribution in [-0.2, 0) is 15.5 Å². The summed E-state index contributed by atoms with van der Waals surface area (Å²) < 4.78 is 15.5. The van der Waals surface area contributed by atoms with Gasteiger partial charge < -0.3 is 4.74 Å². The molecule has 0 aromatic carbocycles. The summed E-state index contributed by atoms with van der Waals surface area (Å²) in [4.78, 5) is 0. The van der Waals surface area contributed by atoms with E-state index in [0.717, 1.165) is 5.75 Å². The van der Waals surface area contributed by atoms with Gasteiger partial charge in [0.25, 0.3) is 0 Å².